The van der Waals surface area contributed by atoms with E-state index in [2.05, 4.69) is 462 Å². The Kier molecular flexibility index (Phi) is 16.6. The lowest BCUT2D eigenvalue weighted by molar-refractivity contribution is 0.768. The minimum Gasteiger partial charge on any atom is -0.310 e. The Morgan fingerprint density at radius 2 is 0.518 bits per heavy atom. The molecule has 0 radical (unpaired) electrons. The summed E-state index contributed by atoms with van der Waals surface area (Å²) in [5, 5.41) is 5.00. The quantitative estimate of drug-likeness (QED) is 0.109. The fraction of sp³-hybridized carbons (Fsp3) is 0.0183. The predicted molar refractivity (Wildman–Crippen MR) is 474 cm³/mol. The lowest BCUT2D eigenvalue weighted by atomic mass is 9.67. The zero-order valence-corrected chi connectivity index (χ0v) is 62.5. The van der Waals surface area contributed by atoms with Crippen molar-refractivity contribution in [1.82, 2.24) is 14.1 Å². The van der Waals surface area contributed by atoms with E-state index in [4.69, 9.17) is 4.98 Å². The third-order valence-corrected chi connectivity index (χ3v) is 23.6. The normalized spacial score (nSPS) is 12.7. The van der Waals surface area contributed by atoms with Crippen LogP contribution in [-0.4, -0.2) is 14.1 Å². The van der Waals surface area contributed by atoms with E-state index in [9.17, 15) is 0 Å². The molecule has 0 unspecified atom stereocenters. The first-order valence-electron chi connectivity index (χ1n) is 39.2. The fourth-order valence-corrected chi connectivity index (χ4v) is 18.7. The second-order valence-corrected chi connectivity index (χ2v) is 29.6. The second-order valence-electron chi connectivity index (χ2n) is 29.6. The maximum absolute atomic E-state index is 4.91. The fourth-order valence-electron chi connectivity index (χ4n) is 18.7. The van der Waals surface area contributed by atoms with Crippen molar-refractivity contribution in [3.8, 4) is 55.9 Å². The summed E-state index contributed by atoms with van der Waals surface area (Å²) in [5.41, 5.74) is 31.6. The van der Waals surface area contributed by atoms with Gasteiger partial charge in [0.1, 0.15) is 5.82 Å². The maximum Gasteiger partial charge on any atom is 0.137 e. The van der Waals surface area contributed by atoms with Crippen LogP contribution in [-0.2, 0) is 10.8 Å². The monoisotopic (exact) mass is 1450 g/mol. The molecule has 0 amide bonds. The summed E-state index contributed by atoms with van der Waals surface area (Å²) in [6, 6.07) is 163. The summed E-state index contributed by atoms with van der Waals surface area (Å²) in [7, 11) is 0. The summed E-state index contributed by atoms with van der Waals surface area (Å²) >= 11 is 0. The van der Waals surface area contributed by atoms with Gasteiger partial charge in [-0.15, -0.1) is 0 Å². The Hall–Kier alpha value is -14.9. The highest BCUT2D eigenvalue weighted by molar-refractivity contribution is 6.12. The molecule has 3 heterocycles. The highest BCUT2D eigenvalue weighted by Crippen LogP contribution is 2.59. The van der Waals surface area contributed by atoms with Crippen molar-refractivity contribution in [3.63, 3.8) is 0 Å². The number of para-hydroxylation sites is 5. The molecule has 3 aromatic heterocycles. The van der Waals surface area contributed by atoms with Crippen molar-refractivity contribution in [2.24, 2.45) is 0 Å². The molecule has 5 nitrogen and oxygen atoms in total. The number of aromatic nitrogens is 3. The van der Waals surface area contributed by atoms with Crippen LogP contribution >= 0.6 is 0 Å². The molecule has 2 aliphatic carbocycles. The molecule has 536 valence electrons. The molecular weight excluding hydrogens is 1380 g/mol. The number of nitrogens with zero attached hydrogens (tertiary/aromatic N) is 5. The molecule has 114 heavy (non-hydrogen) atoms. The number of rotatable bonds is 14. The Labute approximate surface area is 663 Å². The molecule has 5 heteroatoms. The molecule has 0 spiro atoms. The lowest BCUT2D eigenvalue weighted by Crippen LogP contribution is -2.28. The van der Waals surface area contributed by atoms with Gasteiger partial charge in [-0.25, -0.2) is 4.98 Å². The first-order valence-corrected chi connectivity index (χ1v) is 39.2. The average Bonchev–Trinajstić information content (AvgIpc) is 1.54. The van der Waals surface area contributed by atoms with Gasteiger partial charge in [0, 0.05) is 67.6 Å². The highest BCUT2D eigenvalue weighted by atomic mass is 15.2. The van der Waals surface area contributed by atoms with Crippen LogP contribution in [0.4, 0.5) is 34.3 Å². The van der Waals surface area contributed by atoms with Crippen LogP contribution in [0.3, 0.4) is 0 Å². The summed E-state index contributed by atoms with van der Waals surface area (Å²) < 4.78 is 4.73. The summed E-state index contributed by atoms with van der Waals surface area (Å²) in [5.74, 6) is 0.862. The molecule has 20 aromatic rings. The van der Waals surface area contributed by atoms with E-state index < -0.39 is 10.8 Å². The Morgan fingerprint density at radius 1 is 0.202 bits per heavy atom. The van der Waals surface area contributed by atoms with Crippen LogP contribution in [0, 0.1) is 0 Å². The largest absolute Gasteiger partial charge is 0.310 e. The number of anilines is 6. The van der Waals surface area contributed by atoms with E-state index in [1.165, 1.54) is 133 Å². The van der Waals surface area contributed by atoms with Gasteiger partial charge in [0.05, 0.1) is 32.9 Å². The first-order chi connectivity index (χ1) is 56.6. The van der Waals surface area contributed by atoms with E-state index >= 15 is 0 Å². The Morgan fingerprint density at radius 3 is 0.939 bits per heavy atom. The van der Waals surface area contributed by atoms with Crippen molar-refractivity contribution in [1.29, 1.82) is 0 Å². The van der Waals surface area contributed by atoms with Crippen LogP contribution in [0.25, 0.3) is 99.5 Å². The number of fused-ring (bicyclic) bond motifs is 12. The highest BCUT2D eigenvalue weighted by Gasteiger charge is 2.48. The maximum atomic E-state index is 4.91. The van der Waals surface area contributed by atoms with Gasteiger partial charge in [-0.2, -0.15) is 0 Å². The van der Waals surface area contributed by atoms with Crippen molar-refractivity contribution in [2.75, 3.05) is 9.80 Å². The van der Waals surface area contributed by atoms with Gasteiger partial charge >= 0.3 is 0 Å². The molecule has 0 atom stereocenters. The summed E-state index contributed by atoms with van der Waals surface area (Å²) in [6.07, 6.45) is 1.87. The Balaban J connectivity index is 0.000000143. The first kappa shape index (κ1) is 67.2. The number of hydrogen-bond donors (Lipinski definition) is 0. The van der Waals surface area contributed by atoms with E-state index in [1.807, 2.05) is 12.3 Å². The molecule has 17 aromatic carbocycles. The molecule has 22 rings (SSSR count). The molecular formula is C109H75N5. The molecule has 2 aliphatic rings. The predicted octanol–water partition coefficient (Wildman–Crippen LogP) is 28.0. The SMILES string of the molecule is c1ccc(-n2c3ccccc3c3cc(-c4ccc(N(c5ccc6c(c5)C(c5ccccc5)(c5ccccc5)c5ccccc5-6)c5ccccn5)cc4)ccc32)cc1.c1ccc(N(c2ccc(-c3ccc4c(c3)c3ccccc3n4-c3ccccc3)cc2)c2ccc3c(c2)C(c2ccccc2)(c2ccccc2)c2ccccc2-3)cc1. The zero-order chi connectivity index (χ0) is 75.5. The minimum absolute atomic E-state index is 0.473. The smallest absolute Gasteiger partial charge is 0.137 e. The van der Waals surface area contributed by atoms with Gasteiger partial charge in [0.2, 0.25) is 0 Å². The molecule has 0 bridgehead atoms. The van der Waals surface area contributed by atoms with Crippen LogP contribution < -0.4 is 9.80 Å². The van der Waals surface area contributed by atoms with Gasteiger partial charge in [-0.1, -0.05) is 315 Å². The van der Waals surface area contributed by atoms with Crippen LogP contribution in [0.2, 0.25) is 0 Å². The van der Waals surface area contributed by atoms with Crippen LogP contribution in [0.15, 0.2) is 455 Å². The lowest BCUT2D eigenvalue weighted by Gasteiger charge is -2.35. The third kappa shape index (κ3) is 11.0. The van der Waals surface area contributed by atoms with Gasteiger partial charge in [0.15, 0.2) is 0 Å². The molecule has 0 fully saturated rings. The molecule has 0 saturated carbocycles. The van der Waals surface area contributed by atoms with Gasteiger partial charge in [-0.05, 0) is 222 Å². The van der Waals surface area contributed by atoms with Gasteiger partial charge in [-0.3, -0.25) is 4.90 Å². The summed E-state index contributed by atoms with van der Waals surface area (Å²) in [4.78, 5) is 9.59. The zero-order valence-electron chi connectivity index (χ0n) is 62.5. The standard InChI is InChI=1S/C55H38N2.C54H37N3/c1-5-17-41(18-6-1)55(42-19-7-2-8-20-42)51-27-15-13-25-47(51)48-35-34-46(38-52(48)55)56(43-21-9-3-10-22-43)45-32-29-39(30-33-45)40-31-36-54-50(37-40)49-26-14-16-28-53(49)57(54)44-23-11-4-12-24-44;1-4-16-40(17-5-1)54(41-18-6-2-7-19-41)49-24-12-10-22-45(49)46-33-32-44(37-50(46)54)56(53-26-14-15-35-55-53)43-30-27-38(28-31-43)39-29-34-52-48(36-39)47-23-11-13-25-51(47)57(52)42-20-8-3-9-21-42/h1-38H;1-37H. The van der Waals surface area contributed by atoms with E-state index in [1.54, 1.807) is 0 Å². The molecule has 0 saturated heterocycles. The molecule has 0 N–H and O–H groups in total. The second kappa shape index (κ2) is 28.2. The topological polar surface area (TPSA) is 29.2 Å². The summed E-state index contributed by atoms with van der Waals surface area (Å²) in [6.45, 7) is 0. The van der Waals surface area contributed by atoms with Crippen LogP contribution in [0.1, 0.15) is 44.5 Å². The number of benzene rings is 17. The Bertz CT molecular complexity index is 6420. The molecule has 0 aliphatic heterocycles. The average molecular weight is 1450 g/mol. The minimum atomic E-state index is -0.494. The number of hydrogen-bond acceptors (Lipinski definition) is 3. The third-order valence-electron chi connectivity index (χ3n) is 23.6. The van der Waals surface area contributed by atoms with Crippen molar-refractivity contribution < 1.29 is 0 Å². The van der Waals surface area contributed by atoms with Gasteiger partial charge < -0.3 is 14.0 Å². The van der Waals surface area contributed by atoms with E-state index in [-0.39, 0.29) is 0 Å². The van der Waals surface area contributed by atoms with E-state index in [0.29, 0.717) is 0 Å². The van der Waals surface area contributed by atoms with Crippen molar-refractivity contribution >= 4 is 77.9 Å². The van der Waals surface area contributed by atoms with Crippen molar-refractivity contribution in [3.05, 3.63) is 500 Å². The van der Waals surface area contributed by atoms with Crippen molar-refractivity contribution in [2.45, 2.75) is 10.8 Å². The number of pyridine rings is 1. The van der Waals surface area contributed by atoms with E-state index in [0.717, 1.165) is 45.5 Å². The van der Waals surface area contributed by atoms with Gasteiger partial charge in [0.25, 0.3) is 0 Å². The van der Waals surface area contributed by atoms with Crippen LogP contribution in [0.5, 0.6) is 0 Å².